The highest BCUT2D eigenvalue weighted by molar-refractivity contribution is 7.86. The molecule has 0 aliphatic rings. The van der Waals surface area contributed by atoms with Gasteiger partial charge in [0.25, 0.3) is 0 Å². The Bertz CT molecular complexity index is 786. The minimum atomic E-state index is -4.98. The number of H-pyrrole nitrogens is 1. The molecule has 0 bridgehead atoms. The van der Waals surface area contributed by atoms with Crippen molar-refractivity contribution in [2.24, 2.45) is 0 Å². The molecule has 2 heterocycles. The topological polar surface area (TPSA) is 138 Å². The maximum absolute atomic E-state index is 11.8. The minimum Gasteiger partial charge on any atom is -0.234 e. The van der Waals surface area contributed by atoms with Crippen LogP contribution in [-0.4, -0.2) is 32.0 Å². The molecular formula is C11H12F2N5O4S2+. The first kappa shape index (κ1) is 21.4. The monoisotopic (exact) mass is 380 g/mol. The Balaban J connectivity index is 0.000000381. The first-order valence-electron chi connectivity index (χ1n) is 6.10. The summed E-state index contributed by atoms with van der Waals surface area (Å²) < 4.78 is 62.0. The number of aromatic amines is 1. The number of nitriles is 1. The summed E-state index contributed by atoms with van der Waals surface area (Å²) in [4.78, 5) is 2.59. The van der Waals surface area contributed by atoms with Gasteiger partial charge in [-0.3, -0.25) is 0 Å². The smallest absolute Gasteiger partial charge is 0.234 e. The number of nitrogens with zero attached hydrogens (tertiary/aromatic N) is 4. The van der Waals surface area contributed by atoms with Gasteiger partial charge in [0.2, 0.25) is 0 Å². The van der Waals surface area contributed by atoms with Gasteiger partial charge in [-0.15, -0.1) is 5.10 Å². The minimum absolute atomic E-state index is 0.641. The lowest BCUT2D eigenvalue weighted by Crippen LogP contribution is -2.31. The quantitative estimate of drug-likeness (QED) is 0.454. The van der Waals surface area contributed by atoms with Crippen LogP contribution in [-0.2, 0) is 28.3 Å². The lowest BCUT2D eigenvalue weighted by Gasteiger charge is -1.90. The van der Waals surface area contributed by atoms with E-state index in [9.17, 15) is 16.7 Å². The van der Waals surface area contributed by atoms with Crippen LogP contribution in [0, 0.1) is 17.4 Å². The second kappa shape index (κ2) is 11.9. The molecule has 24 heavy (non-hydrogen) atoms. The fourth-order valence-corrected chi connectivity index (χ4v) is 1.60. The van der Waals surface area contributed by atoms with Gasteiger partial charge in [0.05, 0.1) is 6.07 Å². The van der Waals surface area contributed by atoms with Crippen molar-refractivity contribution in [3.05, 3.63) is 36.7 Å². The van der Waals surface area contributed by atoms with E-state index >= 15 is 0 Å². The third kappa shape index (κ3) is 10.2. The Morgan fingerprint density at radius 1 is 1.29 bits per heavy atom. The summed E-state index contributed by atoms with van der Waals surface area (Å²) in [5.41, 5.74) is 0. The Labute approximate surface area is 139 Å². The van der Waals surface area contributed by atoms with Crippen LogP contribution in [0.2, 0.25) is 0 Å². The third-order valence-electron chi connectivity index (χ3n) is 2.14. The van der Waals surface area contributed by atoms with Crippen LogP contribution in [0.1, 0.15) is 12.8 Å². The fourth-order valence-electron chi connectivity index (χ4n) is 1.26. The van der Waals surface area contributed by atoms with Gasteiger partial charge in [-0.05, 0) is 0 Å². The van der Waals surface area contributed by atoms with E-state index in [-0.39, 0.29) is 0 Å². The molecule has 0 fully saturated rings. The maximum atomic E-state index is 11.8. The van der Waals surface area contributed by atoms with E-state index in [1.165, 1.54) is 5.10 Å². The second-order valence-electron chi connectivity index (χ2n) is 3.79. The molecule has 0 aliphatic carbocycles. The average Bonchev–Trinajstić information content (AvgIpc) is 2.97. The molecule has 0 radical (unpaired) electrons. The van der Waals surface area contributed by atoms with Gasteiger partial charge < -0.3 is 0 Å². The highest BCUT2D eigenvalue weighted by Gasteiger charge is 2.18. The van der Waals surface area contributed by atoms with Gasteiger partial charge >= 0.3 is 33.0 Å². The van der Waals surface area contributed by atoms with Crippen molar-refractivity contribution in [1.29, 1.82) is 5.26 Å². The summed E-state index contributed by atoms with van der Waals surface area (Å²) in [5, 5.41) is 11.3. The highest BCUT2D eigenvalue weighted by Crippen LogP contribution is 2.03. The van der Waals surface area contributed by atoms with Crippen LogP contribution in [0.4, 0.5) is 8.28 Å². The highest BCUT2D eigenvalue weighted by atomic mass is 32.3. The normalized spacial score (nSPS) is 9.54. The van der Waals surface area contributed by atoms with Crippen LogP contribution in [0.3, 0.4) is 0 Å². The van der Waals surface area contributed by atoms with Crippen molar-refractivity contribution < 1.29 is 29.7 Å². The Morgan fingerprint density at radius 3 is 2.25 bits per heavy atom. The van der Waals surface area contributed by atoms with Crippen molar-refractivity contribution in [3.63, 3.8) is 0 Å². The standard InChI is InChI=1S/C9H11N2.C2HF2N3O2S.O2S/c10-6-2-5-9-11-7-3-1-4-8-11;3-1-5-2(7-6-1)10(4,8)9;1-3-2/h1,3-4,7-8H,2,5,9H2;(H,5,6,7);/q+1;;. The number of halogens is 2. The molecule has 0 aliphatic heterocycles. The van der Waals surface area contributed by atoms with Crippen LogP contribution >= 0.6 is 0 Å². The molecule has 13 heteroatoms. The summed E-state index contributed by atoms with van der Waals surface area (Å²) in [6.07, 6.45) is 4.36. The van der Waals surface area contributed by atoms with Gasteiger partial charge in [-0.25, -0.2) is 9.67 Å². The SMILES string of the molecule is N#CCCC[n+]1ccccc1.O=S(=O)(F)c1n[nH]c(F)n1.O=S=O. The van der Waals surface area contributed by atoms with Crippen molar-refractivity contribution in [1.82, 2.24) is 15.2 Å². The Hall–Kier alpha value is -2.59. The maximum Gasteiger partial charge on any atom is 0.370 e. The van der Waals surface area contributed by atoms with E-state index in [0.29, 0.717) is 6.42 Å². The molecule has 0 saturated heterocycles. The molecule has 0 spiro atoms. The summed E-state index contributed by atoms with van der Waals surface area (Å²) in [6, 6.07) is 8.10. The van der Waals surface area contributed by atoms with Gasteiger partial charge in [-0.2, -0.15) is 31.5 Å². The van der Waals surface area contributed by atoms with E-state index < -0.39 is 33.0 Å². The van der Waals surface area contributed by atoms with Crippen LogP contribution in [0.5, 0.6) is 0 Å². The zero-order valence-electron chi connectivity index (χ0n) is 12.0. The van der Waals surface area contributed by atoms with E-state index in [1.54, 1.807) is 0 Å². The molecule has 130 valence electrons. The van der Waals surface area contributed by atoms with Crippen molar-refractivity contribution >= 4 is 21.8 Å². The van der Waals surface area contributed by atoms with E-state index in [0.717, 1.165) is 13.0 Å². The number of aryl methyl sites for hydroxylation is 1. The summed E-state index contributed by atoms with van der Waals surface area (Å²) in [5.74, 6) is 0. The first-order chi connectivity index (χ1) is 11.3. The largest absolute Gasteiger partial charge is 0.370 e. The molecule has 9 nitrogen and oxygen atoms in total. The zero-order valence-corrected chi connectivity index (χ0v) is 13.6. The molecule has 0 amide bonds. The lowest BCUT2D eigenvalue weighted by atomic mass is 10.3. The number of nitrogens with one attached hydrogen (secondary N) is 1. The molecule has 0 saturated carbocycles. The van der Waals surface area contributed by atoms with Crippen molar-refractivity contribution in [3.8, 4) is 6.07 Å². The first-order valence-corrected chi connectivity index (χ1v) is 8.15. The third-order valence-corrected chi connectivity index (χ3v) is 2.76. The number of hydrogen-bond acceptors (Lipinski definition) is 7. The molecule has 2 aromatic rings. The van der Waals surface area contributed by atoms with Crippen molar-refractivity contribution in [2.45, 2.75) is 24.5 Å². The number of unbranched alkanes of at least 4 members (excludes halogenated alkanes) is 1. The number of aromatic nitrogens is 4. The molecule has 0 atom stereocenters. The van der Waals surface area contributed by atoms with Gasteiger partial charge in [0, 0.05) is 25.0 Å². The Kier molecular flexibility index (Phi) is 10.6. The molecular weight excluding hydrogens is 368 g/mol. The van der Waals surface area contributed by atoms with Gasteiger partial charge in [0.15, 0.2) is 12.4 Å². The lowest BCUT2D eigenvalue weighted by molar-refractivity contribution is -0.697. The van der Waals surface area contributed by atoms with E-state index in [4.69, 9.17) is 13.7 Å². The van der Waals surface area contributed by atoms with Crippen LogP contribution < -0.4 is 4.57 Å². The summed E-state index contributed by atoms with van der Waals surface area (Å²) in [7, 11) is -4.98. The number of pyridine rings is 1. The number of hydrogen-bond donors (Lipinski definition) is 1. The predicted molar refractivity (Wildman–Crippen MR) is 75.0 cm³/mol. The van der Waals surface area contributed by atoms with Gasteiger partial charge in [0.1, 0.15) is 6.54 Å². The predicted octanol–water partition coefficient (Wildman–Crippen LogP) is 0.210. The summed E-state index contributed by atoms with van der Waals surface area (Å²) >= 11 is -0.750. The molecule has 2 rings (SSSR count). The van der Waals surface area contributed by atoms with Crippen molar-refractivity contribution in [2.75, 3.05) is 0 Å². The van der Waals surface area contributed by atoms with Crippen LogP contribution in [0.25, 0.3) is 0 Å². The van der Waals surface area contributed by atoms with E-state index in [2.05, 4.69) is 20.7 Å². The second-order valence-corrected chi connectivity index (χ2v) is 5.17. The van der Waals surface area contributed by atoms with Gasteiger partial charge in [-0.1, -0.05) is 9.95 Å². The Morgan fingerprint density at radius 2 is 1.88 bits per heavy atom. The molecule has 0 aromatic carbocycles. The number of rotatable bonds is 4. The molecule has 1 N–H and O–H groups in total. The zero-order chi connectivity index (χ0) is 18.4. The molecule has 0 unspecified atom stereocenters. The van der Waals surface area contributed by atoms with E-state index in [1.807, 2.05) is 30.6 Å². The van der Waals surface area contributed by atoms with Crippen LogP contribution in [0.15, 0.2) is 35.7 Å². The average molecular weight is 380 g/mol. The molecule has 2 aromatic heterocycles. The fraction of sp³-hybridized carbons (Fsp3) is 0.273. The summed E-state index contributed by atoms with van der Waals surface area (Å²) in [6.45, 7) is 0.939.